The van der Waals surface area contributed by atoms with Crippen molar-refractivity contribution in [1.82, 2.24) is 0 Å². The summed E-state index contributed by atoms with van der Waals surface area (Å²) >= 11 is 0. The molecule has 3 aromatic carbocycles. The van der Waals surface area contributed by atoms with Crippen LogP contribution in [0.2, 0.25) is 0 Å². The van der Waals surface area contributed by atoms with Crippen LogP contribution in [0.3, 0.4) is 0 Å². The molecule has 0 amide bonds. The predicted octanol–water partition coefficient (Wildman–Crippen LogP) is 3.85. The van der Waals surface area contributed by atoms with Gasteiger partial charge in [-0.2, -0.15) is 0 Å². The Hall–Kier alpha value is -2.65. The van der Waals surface area contributed by atoms with Crippen LogP contribution in [0.5, 0.6) is 5.75 Å². The average molecular weight is 353 g/mol. The summed E-state index contributed by atoms with van der Waals surface area (Å²) in [4.78, 5) is 11.7. The van der Waals surface area contributed by atoms with Gasteiger partial charge in [-0.15, -0.1) is 0 Å². The Morgan fingerprint density at radius 2 is 1.28 bits per heavy atom. The largest absolute Gasteiger partial charge is 0.766 e. The summed E-state index contributed by atoms with van der Waals surface area (Å²) in [6.45, 7) is 0. The van der Waals surface area contributed by atoms with E-state index in [1.165, 1.54) is 6.08 Å². The molecule has 0 bridgehead atoms. The Morgan fingerprint density at radius 1 is 0.800 bits per heavy atom. The summed E-state index contributed by atoms with van der Waals surface area (Å²) < 4.78 is 16.6. The molecule has 3 N–H and O–H groups in total. The van der Waals surface area contributed by atoms with E-state index in [2.05, 4.69) is 5.73 Å². The quantitative estimate of drug-likeness (QED) is 0.724. The molecule has 3 rings (SSSR count). The Bertz CT molecular complexity index is 821. The minimum absolute atomic E-state index is 0.313. The van der Waals surface area contributed by atoms with Crippen molar-refractivity contribution < 1.29 is 19.7 Å². The van der Waals surface area contributed by atoms with Crippen LogP contribution in [0, 0.1) is 0 Å². The van der Waals surface area contributed by atoms with Crippen molar-refractivity contribution in [2.75, 3.05) is 0 Å². The molecule has 4 nitrogen and oxygen atoms in total. The van der Waals surface area contributed by atoms with Crippen LogP contribution >= 0.6 is 7.60 Å². The maximum Gasteiger partial charge on any atom is 0.207 e. The predicted molar refractivity (Wildman–Crippen MR) is 99.1 cm³/mol. The molecule has 0 aromatic heterocycles. The second-order valence-electron chi connectivity index (χ2n) is 5.16. The highest BCUT2D eigenvalue weighted by atomic mass is 31.2. The van der Waals surface area contributed by atoms with Crippen molar-refractivity contribution in [2.24, 2.45) is 0 Å². The number of hydrogen-bond donors (Lipinski definition) is 1. The lowest BCUT2D eigenvalue weighted by atomic mass is 10.2. The van der Waals surface area contributed by atoms with Gasteiger partial charge in [0.15, 0.2) is 0 Å². The number of rotatable bonds is 4. The summed E-state index contributed by atoms with van der Waals surface area (Å²) in [5.41, 5.74) is 5.60. The fraction of sp³-hybridized carbons (Fsp3) is 0. The van der Waals surface area contributed by atoms with Gasteiger partial charge in [0, 0.05) is 0 Å². The van der Waals surface area contributed by atoms with Gasteiger partial charge in [0.2, 0.25) is 7.60 Å². The molecule has 0 aliphatic carbocycles. The first-order valence-electron chi connectivity index (χ1n) is 7.72. The van der Waals surface area contributed by atoms with Crippen LogP contribution in [0.1, 0.15) is 5.56 Å². The third-order valence-corrected chi connectivity index (χ3v) is 4.05. The molecule has 0 aliphatic rings. The normalized spacial score (nSPS) is 12.7. The zero-order chi connectivity index (χ0) is 18.0. The van der Waals surface area contributed by atoms with Crippen LogP contribution in [0.25, 0.3) is 6.08 Å². The lowest BCUT2D eigenvalue weighted by Gasteiger charge is -2.20. The van der Waals surface area contributed by atoms with Crippen LogP contribution in [0.4, 0.5) is 5.69 Å². The highest BCUT2D eigenvalue weighted by Crippen LogP contribution is 2.40. The Balaban J connectivity index is 0.000000269. The standard InChI is InChI=1S/C14H13O3P.C6H7N/c15-18(16,17-14-9-5-2-6-10-14)12-11-13-7-3-1-4-8-13;7-6-4-2-1-3-5-6/h1-12H,(H,15,16);1-5H,7H2/b12-11+;. The average Bonchev–Trinajstić information content (AvgIpc) is 2.63. The molecule has 1 atom stereocenters. The molecule has 0 aliphatic heterocycles. The minimum Gasteiger partial charge on any atom is -0.766 e. The molecule has 25 heavy (non-hydrogen) atoms. The van der Waals surface area contributed by atoms with Crippen LogP contribution < -0.4 is 15.2 Å². The molecular weight excluding hydrogens is 333 g/mol. The monoisotopic (exact) mass is 353 g/mol. The van der Waals surface area contributed by atoms with Crippen molar-refractivity contribution >= 4 is 19.4 Å². The van der Waals surface area contributed by atoms with Crippen molar-refractivity contribution in [3.8, 4) is 5.75 Å². The first-order valence-corrected chi connectivity index (χ1v) is 9.33. The van der Waals surface area contributed by atoms with E-state index in [1.807, 2.05) is 60.7 Å². The fourth-order valence-corrected chi connectivity index (χ4v) is 2.71. The summed E-state index contributed by atoms with van der Waals surface area (Å²) in [5.74, 6) is 1.39. The Kier molecular flexibility index (Phi) is 7.17. The summed E-state index contributed by atoms with van der Waals surface area (Å²) in [5, 5.41) is 0. The van der Waals surface area contributed by atoms with Gasteiger partial charge >= 0.3 is 0 Å². The highest BCUT2D eigenvalue weighted by Gasteiger charge is 2.04. The van der Waals surface area contributed by atoms with E-state index in [0.717, 1.165) is 17.1 Å². The van der Waals surface area contributed by atoms with Crippen molar-refractivity contribution in [1.29, 1.82) is 0 Å². The van der Waals surface area contributed by atoms with E-state index in [0.29, 0.717) is 5.75 Å². The number of hydrogen-bond acceptors (Lipinski definition) is 3. The minimum atomic E-state index is -4.01. The molecule has 3 aromatic rings. The lowest BCUT2D eigenvalue weighted by molar-refractivity contribution is -0.254. The molecule has 0 saturated heterocycles. The molecule has 0 heterocycles. The van der Waals surface area contributed by atoms with Gasteiger partial charge in [-0.1, -0.05) is 66.7 Å². The van der Waals surface area contributed by atoms with Gasteiger partial charge in [0.1, 0.15) is 11.4 Å². The molecule has 0 fully saturated rings. The van der Waals surface area contributed by atoms with E-state index >= 15 is 0 Å². The van der Waals surface area contributed by atoms with Gasteiger partial charge in [-0.3, -0.25) is 4.57 Å². The molecule has 5 heteroatoms. The third kappa shape index (κ3) is 7.64. The summed E-state index contributed by atoms with van der Waals surface area (Å²) in [6.07, 6.45) is 1.51. The van der Waals surface area contributed by atoms with Crippen molar-refractivity contribution in [3.05, 3.63) is 102 Å². The molecule has 0 radical (unpaired) electrons. The number of para-hydroxylation sites is 1. The first-order chi connectivity index (χ1) is 12.1. The molecular formula is C20H20NO3P. The summed E-state index contributed by atoms with van der Waals surface area (Å²) in [7, 11) is -4.01. The highest BCUT2D eigenvalue weighted by molar-refractivity contribution is 7.55. The van der Waals surface area contributed by atoms with E-state index in [4.69, 9.17) is 4.52 Å². The van der Waals surface area contributed by atoms with Gasteiger partial charge < -0.3 is 15.2 Å². The van der Waals surface area contributed by atoms with E-state index in [1.54, 1.807) is 30.3 Å². The topological polar surface area (TPSA) is 77.0 Å². The first kappa shape index (κ1) is 18.7. The van der Waals surface area contributed by atoms with Crippen molar-refractivity contribution in [3.63, 3.8) is 0 Å². The second kappa shape index (κ2) is 9.60. The molecule has 0 spiro atoms. The SMILES string of the molecule is O=P([O-])(/C=C/c1ccccc1)Oc1ccccc1.[NH3+]c1ccccc1. The van der Waals surface area contributed by atoms with E-state index in [-0.39, 0.29) is 0 Å². The van der Waals surface area contributed by atoms with Crippen LogP contribution in [-0.4, -0.2) is 0 Å². The maximum atomic E-state index is 11.7. The molecule has 1 unspecified atom stereocenters. The third-order valence-electron chi connectivity index (χ3n) is 3.07. The van der Waals surface area contributed by atoms with Gasteiger partial charge in [0.25, 0.3) is 0 Å². The zero-order valence-corrected chi connectivity index (χ0v) is 14.6. The van der Waals surface area contributed by atoms with E-state index < -0.39 is 7.60 Å². The lowest BCUT2D eigenvalue weighted by Crippen LogP contribution is -2.39. The Labute approximate surface area is 147 Å². The van der Waals surface area contributed by atoms with Crippen LogP contribution in [-0.2, 0) is 4.57 Å². The van der Waals surface area contributed by atoms with Crippen LogP contribution in [0.15, 0.2) is 96.8 Å². The number of quaternary nitrogens is 1. The molecule has 0 saturated carbocycles. The van der Waals surface area contributed by atoms with Gasteiger partial charge in [0.05, 0.1) is 0 Å². The molecule has 128 valence electrons. The second-order valence-corrected chi connectivity index (χ2v) is 6.72. The fourth-order valence-electron chi connectivity index (χ4n) is 1.88. The zero-order valence-electron chi connectivity index (χ0n) is 13.7. The van der Waals surface area contributed by atoms with Crippen molar-refractivity contribution in [2.45, 2.75) is 0 Å². The smallest absolute Gasteiger partial charge is 0.207 e. The number of benzene rings is 3. The van der Waals surface area contributed by atoms with Gasteiger partial charge in [-0.25, -0.2) is 0 Å². The Morgan fingerprint density at radius 3 is 1.76 bits per heavy atom. The maximum absolute atomic E-state index is 11.7. The van der Waals surface area contributed by atoms with Gasteiger partial charge in [-0.05, 0) is 41.7 Å². The summed E-state index contributed by atoms with van der Waals surface area (Å²) in [6, 6.07) is 27.5. The van der Waals surface area contributed by atoms with E-state index in [9.17, 15) is 9.46 Å².